The van der Waals surface area contributed by atoms with Gasteiger partial charge >= 0.3 is 0 Å². The van der Waals surface area contributed by atoms with Crippen molar-refractivity contribution in [1.82, 2.24) is 5.32 Å². The summed E-state index contributed by atoms with van der Waals surface area (Å²) in [5.41, 5.74) is 0. The fourth-order valence-electron chi connectivity index (χ4n) is 1.01. The fraction of sp³-hybridized carbons (Fsp3) is 0.375. The van der Waals surface area contributed by atoms with Crippen molar-refractivity contribution in [3.8, 4) is 0 Å². The average Bonchev–Trinajstić information content (AvgIpc) is 2.51. The molecule has 0 spiro atoms. The Morgan fingerprint density at radius 3 is 2.67 bits per heavy atom. The number of hydrogen-bond donors (Lipinski definition) is 2. The van der Waals surface area contributed by atoms with E-state index >= 15 is 0 Å². The van der Waals surface area contributed by atoms with Gasteiger partial charge in [-0.05, 0) is 18.6 Å². The molecule has 0 saturated heterocycles. The van der Waals surface area contributed by atoms with Gasteiger partial charge in [-0.2, -0.15) is 0 Å². The molecular formula is C8H12N2O3S2. The molecule has 0 atom stereocenters. The number of carbonyl (C=O) groups excluding carboxylic acids is 1. The fourth-order valence-corrected chi connectivity index (χ4v) is 2.79. The standard InChI is InChI=1S/C8H12N2O3S2/c1-6(11)10-5-4-7-2-3-8(14-7)15(9,12)13/h2-3H,4-5H2,1H3,(H,10,11)(H2,9,12,13). The third-order valence-electron chi connectivity index (χ3n) is 1.66. The van der Waals surface area contributed by atoms with Gasteiger partial charge in [0.2, 0.25) is 15.9 Å². The van der Waals surface area contributed by atoms with Crippen molar-refractivity contribution < 1.29 is 13.2 Å². The topological polar surface area (TPSA) is 89.3 Å². The van der Waals surface area contributed by atoms with Crippen LogP contribution < -0.4 is 10.5 Å². The number of primary sulfonamides is 1. The van der Waals surface area contributed by atoms with E-state index in [4.69, 9.17) is 5.14 Å². The highest BCUT2D eigenvalue weighted by atomic mass is 32.2. The van der Waals surface area contributed by atoms with Crippen LogP contribution in [0.4, 0.5) is 0 Å². The molecule has 1 rings (SSSR count). The number of sulfonamides is 1. The van der Waals surface area contributed by atoms with Crippen LogP contribution in [0.5, 0.6) is 0 Å². The Hall–Kier alpha value is -0.920. The molecule has 5 nitrogen and oxygen atoms in total. The first-order valence-corrected chi connectivity index (χ1v) is 6.62. The number of nitrogens with two attached hydrogens (primary N) is 1. The van der Waals surface area contributed by atoms with Crippen LogP contribution in [0.3, 0.4) is 0 Å². The summed E-state index contributed by atoms with van der Waals surface area (Å²) in [6, 6.07) is 3.18. The maximum Gasteiger partial charge on any atom is 0.247 e. The third-order valence-corrected chi connectivity index (χ3v) is 4.25. The van der Waals surface area contributed by atoms with E-state index in [-0.39, 0.29) is 10.1 Å². The normalized spacial score (nSPS) is 11.3. The molecule has 0 fully saturated rings. The molecule has 1 amide bonds. The van der Waals surface area contributed by atoms with Crippen LogP contribution in [0.25, 0.3) is 0 Å². The molecular weight excluding hydrogens is 236 g/mol. The van der Waals surface area contributed by atoms with E-state index < -0.39 is 10.0 Å². The van der Waals surface area contributed by atoms with Crippen molar-refractivity contribution in [2.75, 3.05) is 6.54 Å². The van der Waals surface area contributed by atoms with Gasteiger partial charge in [-0.1, -0.05) is 0 Å². The Morgan fingerprint density at radius 1 is 1.53 bits per heavy atom. The molecule has 84 valence electrons. The second-order valence-electron chi connectivity index (χ2n) is 3.00. The predicted octanol–water partition coefficient (Wildman–Crippen LogP) is 0.0741. The van der Waals surface area contributed by atoms with Gasteiger partial charge in [-0.3, -0.25) is 4.79 Å². The van der Waals surface area contributed by atoms with Gasteiger partial charge < -0.3 is 5.32 Å². The Kier molecular flexibility index (Phi) is 3.83. The average molecular weight is 248 g/mol. The molecule has 0 aromatic carbocycles. The second kappa shape index (κ2) is 4.73. The lowest BCUT2D eigenvalue weighted by Crippen LogP contribution is -2.22. The zero-order chi connectivity index (χ0) is 11.5. The highest BCUT2D eigenvalue weighted by molar-refractivity contribution is 7.91. The molecule has 0 aliphatic rings. The minimum Gasteiger partial charge on any atom is -0.356 e. The molecule has 0 bridgehead atoms. The smallest absolute Gasteiger partial charge is 0.247 e. The van der Waals surface area contributed by atoms with Crippen LogP contribution in [0, 0.1) is 0 Å². The van der Waals surface area contributed by atoms with Crippen LogP contribution in [0.2, 0.25) is 0 Å². The molecule has 0 aliphatic carbocycles. The molecule has 3 N–H and O–H groups in total. The van der Waals surface area contributed by atoms with Crippen molar-refractivity contribution in [2.45, 2.75) is 17.6 Å². The molecule has 0 unspecified atom stereocenters. The lowest BCUT2D eigenvalue weighted by Gasteiger charge is -1.98. The minimum absolute atomic E-state index is 0.0989. The van der Waals surface area contributed by atoms with Crippen LogP contribution >= 0.6 is 11.3 Å². The van der Waals surface area contributed by atoms with Crippen molar-refractivity contribution in [1.29, 1.82) is 0 Å². The maximum atomic E-state index is 10.9. The quantitative estimate of drug-likeness (QED) is 0.790. The minimum atomic E-state index is -3.59. The zero-order valence-electron chi connectivity index (χ0n) is 8.19. The maximum absolute atomic E-state index is 10.9. The Balaban J connectivity index is 2.58. The highest BCUT2D eigenvalue weighted by Crippen LogP contribution is 2.20. The number of amides is 1. The van der Waals surface area contributed by atoms with Crippen LogP contribution in [0.15, 0.2) is 16.3 Å². The SMILES string of the molecule is CC(=O)NCCc1ccc(S(N)(=O)=O)s1. The van der Waals surface area contributed by atoms with E-state index in [1.54, 1.807) is 6.07 Å². The monoisotopic (exact) mass is 248 g/mol. The summed E-state index contributed by atoms with van der Waals surface area (Å²) in [5.74, 6) is -0.0989. The number of carbonyl (C=O) groups is 1. The molecule has 7 heteroatoms. The Labute approximate surface area is 92.3 Å². The summed E-state index contributed by atoms with van der Waals surface area (Å²) < 4.78 is 22.0. The highest BCUT2D eigenvalue weighted by Gasteiger charge is 2.10. The van der Waals surface area contributed by atoms with Crippen LogP contribution in [0.1, 0.15) is 11.8 Å². The van der Waals surface area contributed by atoms with E-state index in [2.05, 4.69) is 5.32 Å². The molecule has 15 heavy (non-hydrogen) atoms. The first kappa shape index (κ1) is 12.2. The van der Waals surface area contributed by atoms with E-state index in [1.165, 1.54) is 13.0 Å². The van der Waals surface area contributed by atoms with Gasteiger partial charge in [0.15, 0.2) is 0 Å². The molecule has 0 aliphatic heterocycles. The number of nitrogens with one attached hydrogen (secondary N) is 1. The van der Waals surface area contributed by atoms with Gasteiger partial charge in [0.1, 0.15) is 4.21 Å². The zero-order valence-corrected chi connectivity index (χ0v) is 9.82. The van der Waals surface area contributed by atoms with E-state index in [0.29, 0.717) is 13.0 Å². The van der Waals surface area contributed by atoms with Crippen molar-refractivity contribution >= 4 is 27.3 Å². The summed E-state index contributed by atoms with van der Waals surface area (Å²) in [4.78, 5) is 11.5. The van der Waals surface area contributed by atoms with Gasteiger partial charge in [-0.15, -0.1) is 11.3 Å². The molecule has 0 saturated carbocycles. The summed E-state index contributed by atoms with van der Waals surface area (Å²) in [6.07, 6.45) is 0.611. The van der Waals surface area contributed by atoms with Crippen LogP contribution in [-0.4, -0.2) is 20.9 Å². The first-order chi connectivity index (χ1) is 6.89. The van der Waals surface area contributed by atoms with Gasteiger partial charge in [0, 0.05) is 18.3 Å². The van der Waals surface area contributed by atoms with Crippen LogP contribution in [-0.2, 0) is 21.2 Å². The molecule has 1 aromatic heterocycles. The number of thiophene rings is 1. The Morgan fingerprint density at radius 2 is 2.20 bits per heavy atom. The lowest BCUT2D eigenvalue weighted by atomic mass is 10.3. The van der Waals surface area contributed by atoms with Gasteiger partial charge in [-0.25, -0.2) is 13.6 Å². The number of hydrogen-bond acceptors (Lipinski definition) is 4. The number of rotatable bonds is 4. The van der Waals surface area contributed by atoms with Crippen molar-refractivity contribution in [3.63, 3.8) is 0 Å². The molecule has 1 aromatic rings. The second-order valence-corrected chi connectivity index (χ2v) is 5.96. The van der Waals surface area contributed by atoms with Crippen molar-refractivity contribution in [2.24, 2.45) is 5.14 Å². The van der Waals surface area contributed by atoms with E-state index in [0.717, 1.165) is 16.2 Å². The largest absolute Gasteiger partial charge is 0.356 e. The summed E-state index contributed by atoms with van der Waals surface area (Å²) in [5, 5.41) is 7.59. The van der Waals surface area contributed by atoms with Crippen molar-refractivity contribution in [3.05, 3.63) is 17.0 Å². The molecule has 1 heterocycles. The summed E-state index contributed by atoms with van der Waals surface area (Å²) in [6.45, 7) is 1.93. The third kappa shape index (κ3) is 3.98. The van der Waals surface area contributed by atoms with Gasteiger partial charge in [0.25, 0.3) is 0 Å². The lowest BCUT2D eigenvalue weighted by molar-refractivity contribution is -0.118. The summed E-state index contributed by atoms with van der Waals surface area (Å²) >= 11 is 1.13. The van der Waals surface area contributed by atoms with Gasteiger partial charge in [0.05, 0.1) is 0 Å². The van der Waals surface area contributed by atoms with E-state index in [1.807, 2.05) is 0 Å². The Bertz CT molecular complexity index is 450. The first-order valence-electron chi connectivity index (χ1n) is 4.25. The molecule has 0 radical (unpaired) electrons. The van der Waals surface area contributed by atoms with E-state index in [9.17, 15) is 13.2 Å². The predicted molar refractivity (Wildman–Crippen MR) is 58.1 cm³/mol. The summed E-state index contributed by atoms with van der Waals surface area (Å²) in [7, 11) is -3.59.